The van der Waals surface area contributed by atoms with Gasteiger partial charge >= 0.3 is 0 Å². The van der Waals surface area contributed by atoms with Crippen LogP contribution < -0.4 is 15.4 Å². The number of nitrogens with one attached hydrogen (secondary N) is 1. The van der Waals surface area contributed by atoms with E-state index in [1.165, 1.54) is 32.4 Å². The molecule has 3 N–H and O–H groups in total. The zero-order valence-corrected chi connectivity index (χ0v) is 9.74. The first-order valence-electron chi connectivity index (χ1n) is 6.17. The number of para-hydroxylation sites is 2. The normalized spacial score (nSPS) is 17.2. The third-order valence-corrected chi connectivity index (χ3v) is 3.19. The standard InChI is InChI=1S/C13H20N2O/c14-12-6-2-3-7-13(12)16-11-10-15-8-4-1-5-9-15/h2-3,6-7H,1,4-5,8-11,14H2/p+1. The summed E-state index contributed by atoms with van der Waals surface area (Å²) in [6.45, 7) is 4.46. The molecule has 0 bridgehead atoms. The van der Waals surface area contributed by atoms with E-state index >= 15 is 0 Å². The van der Waals surface area contributed by atoms with Gasteiger partial charge in [-0.05, 0) is 31.4 Å². The summed E-state index contributed by atoms with van der Waals surface area (Å²) >= 11 is 0. The number of nitrogen functional groups attached to an aromatic ring is 1. The van der Waals surface area contributed by atoms with Gasteiger partial charge in [-0.3, -0.25) is 0 Å². The number of benzene rings is 1. The van der Waals surface area contributed by atoms with Gasteiger partial charge in [0.25, 0.3) is 0 Å². The molecule has 88 valence electrons. The lowest BCUT2D eigenvalue weighted by molar-refractivity contribution is -0.904. The van der Waals surface area contributed by atoms with Crippen molar-refractivity contribution in [1.82, 2.24) is 0 Å². The Kier molecular flexibility index (Phi) is 4.05. The van der Waals surface area contributed by atoms with Crippen LogP contribution in [0.1, 0.15) is 19.3 Å². The summed E-state index contributed by atoms with van der Waals surface area (Å²) in [6, 6.07) is 7.70. The van der Waals surface area contributed by atoms with E-state index in [1.54, 1.807) is 4.90 Å². The Morgan fingerprint density at radius 1 is 1.12 bits per heavy atom. The van der Waals surface area contributed by atoms with Crippen LogP contribution in [0.5, 0.6) is 5.75 Å². The van der Waals surface area contributed by atoms with Gasteiger partial charge in [0.1, 0.15) is 18.9 Å². The highest BCUT2D eigenvalue weighted by molar-refractivity contribution is 5.51. The van der Waals surface area contributed by atoms with Crippen molar-refractivity contribution in [3.05, 3.63) is 24.3 Å². The quantitative estimate of drug-likeness (QED) is 0.735. The van der Waals surface area contributed by atoms with E-state index in [-0.39, 0.29) is 0 Å². The molecule has 0 saturated carbocycles. The highest BCUT2D eigenvalue weighted by atomic mass is 16.5. The second-order valence-electron chi connectivity index (χ2n) is 4.45. The fourth-order valence-corrected chi connectivity index (χ4v) is 2.22. The molecule has 0 radical (unpaired) electrons. The summed E-state index contributed by atoms with van der Waals surface area (Å²) in [5.41, 5.74) is 6.54. The van der Waals surface area contributed by atoms with Gasteiger partial charge in [-0.1, -0.05) is 12.1 Å². The van der Waals surface area contributed by atoms with Crippen molar-refractivity contribution in [2.45, 2.75) is 19.3 Å². The number of piperidine rings is 1. The first-order valence-corrected chi connectivity index (χ1v) is 6.17. The molecule has 1 aromatic rings. The summed E-state index contributed by atoms with van der Waals surface area (Å²) in [7, 11) is 0. The number of anilines is 1. The summed E-state index contributed by atoms with van der Waals surface area (Å²) in [4.78, 5) is 1.67. The van der Waals surface area contributed by atoms with Gasteiger partial charge in [0.15, 0.2) is 0 Å². The highest BCUT2D eigenvalue weighted by Crippen LogP contribution is 2.19. The lowest BCUT2D eigenvalue weighted by atomic mass is 10.1. The van der Waals surface area contributed by atoms with Crippen LogP contribution in [0.15, 0.2) is 24.3 Å². The molecular formula is C13H21N2O+. The first kappa shape index (κ1) is 11.3. The lowest BCUT2D eigenvalue weighted by Crippen LogP contribution is -3.13. The van der Waals surface area contributed by atoms with E-state index in [4.69, 9.17) is 10.5 Å². The van der Waals surface area contributed by atoms with Crippen LogP contribution in [0, 0.1) is 0 Å². The number of hydrogen-bond acceptors (Lipinski definition) is 2. The summed E-state index contributed by atoms with van der Waals surface area (Å²) < 4.78 is 5.69. The highest BCUT2D eigenvalue weighted by Gasteiger charge is 2.12. The van der Waals surface area contributed by atoms with E-state index in [9.17, 15) is 0 Å². The smallest absolute Gasteiger partial charge is 0.142 e. The molecule has 1 heterocycles. The molecule has 2 rings (SSSR count). The van der Waals surface area contributed by atoms with Crippen molar-refractivity contribution in [3.8, 4) is 5.75 Å². The molecule has 0 aliphatic carbocycles. The fourth-order valence-electron chi connectivity index (χ4n) is 2.22. The molecule has 16 heavy (non-hydrogen) atoms. The number of ether oxygens (including phenoxy) is 1. The second kappa shape index (κ2) is 5.75. The molecular weight excluding hydrogens is 200 g/mol. The minimum absolute atomic E-state index is 0.733. The van der Waals surface area contributed by atoms with Gasteiger partial charge in [-0.25, -0.2) is 0 Å². The molecule has 1 saturated heterocycles. The van der Waals surface area contributed by atoms with E-state index in [0.29, 0.717) is 0 Å². The molecule has 0 aromatic heterocycles. The third kappa shape index (κ3) is 3.14. The van der Waals surface area contributed by atoms with Crippen molar-refractivity contribution in [3.63, 3.8) is 0 Å². The average molecular weight is 221 g/mol. The summed E-state index contributed by atoms with van der Waals surface area (Å²) in [6.07, 6.45) is 4.13. The zero-order valence-electron chi connectivity index (χ0n) is 9.74. The van der Waals surface area contributed by atoms with Crippen molar-refractivity contribution in [2.24, 2.45) is 0 Å². The van der Waals surface area contributed by atoms with Crippen LogP contribution in [0.25, 0.3) is 0 Å². The number of rotatable bonds is 4. The van der Waals surface area contributed by atoms with Crippen LogP contribution in [0.2, 0.25) is 0 Å². The van der Waals surface area contributed by atoms with Crippen molar-refractivity contribution in [2.75, 3.05) is 32.0 Å². The lowest BCUT2D eigenvalue weighted by Gasteiger charge is -2.23. The van der Waals surface area contributed by atoms with E-state index in [1.807, 2.05) is 24.3 Å². The predicted molar refractivity (Wildman–Crippen MR) is 65.8 cm³/mol. The minimum Gasteiger partial charge on any atom is -0.486 e. The fraction of sp³-hybridized carbons (Fsp3) is 0.538. The molecule has 1 aliphatic heterocycles. The molecule has 3 heteroatoms. The Hall–Kier alpha value is -1.22. The van der Waals surface area contributed by atoms with E-state index < -0.39 is 0 Å². The van der Waals surface area contributed by atoms with Gasteiger partial charge in [0, 0.05) is 0 Å². The Balaban J connectivity index is 1.73. The molecule has 0 unspecified atom stereocenters. The summed E-state index contributed by atoms with van der Waals surface area (Å²) in [5, 5.41) is 0. The van der Waals surface area contributed by atoms with Gasteiger partial charge in [0.05, 0.1) is 18.8 Å². The van der Waals surface area contributed by atoms with Gasteiger partial charge in [0.2, 0.25) is 0 Å². The topological polar surface area (TPSA) is 39.7 Å². The van der Waals surface area contributed by atoms with Crippen LogP contribution in [0.3, 0.4) is 0 Å². The summed E-state index contributed by atoms with van der Waals surface area (Å²) in [5.74, 6) is 0.818. The monoisotopic (exact) mass is 221 g/mol. The first-order chi connectivity index (χ1) is 7.86. The maximum atomic E-state index is 5.81. The maximum absolute atomic E-state index is 5.81. The van der Waals surface area contributed by atoms with Crippen LogP contribution in [0.4, 0.5) is 5.69 Å². The van der Waals surface area contributed by atoms with Crippen LogP contribution in [-0.2, 0) is 0 Å². The molecule has 0 atom stereocenters. The van der Waals surface area contributed by atoms with Crippen molar-refractivity contribution in [1.29, 1.82) is 0 Å². The molecule has 0 spiro atoms. The average Bonchev–Trinajstić information content (AvgIpc) is 2.33. The molecule has 1 aliphatic rings. The minimum atomic E-state index is 0.733. The number of likely N-dealkylation sites (tertiary alicyclic amines) is 1. The van der Waals surface area contributed by atoms with Crippen molar-refractivity contribution < 1.29 is 9.64 Å². The van der Waals surface area contributed by atoms with Crippen LogP contribution in [-0.4, -0.2) is 26.2 Å². The van der Waals surface area contributed by atoms with E-state index in [2.05, 4.69) is 0 Å². The van der Waals surface area contributed by atoms with E-state index in [0.717, 1.165) is 24.6 Å². The van der Waals surface area contributed by atoms with Crippen LogP contribution >= 0.6 is 0 Å². The Labute approximate surface area is 97.2 Å². The molecule has 1 aromatic carbocycles. The Morgan fingerprint density at radius 2 is 1.88 bits per heavy atom. The Bertz CT molecular complexity index is 321. The van der Waals surface area contributed by atoms with Gasteiger partial charge < -0.3 is 15.4 Å². The second-order valence-corrected chi connectivity index (χ2v) is 4.45. The maximum Gasteiger partial charge on any atom is 0.142 e. The van der Waals surface area contributed by atoms with Crippen molar-refractivity contribution >= 4 is 5.69 Å². The number of hydrogen-bond donors (Lipinski definition) is 2. The zero-order chi connectivity index (χ0) is 11.2. The molecule has 3 nitrogen and oxygen atoms in total. The molecule has 1 fully saturated rings. The SMILES string of the molecule is Nc1ccccc1OCC[NH+]1CCCCC1. The van der Waals surface area contributed by atoms with Gasteiger partial charge in [-0.15, -0.1) is 0 Å². The third-order valence-electron chi connectivity index (χ3n) is 3.19. The number of nitrogens with two attached hydrogens (primary N) is 1. The predicted octanol–water partition coefficient (Wildman–Crippen LogP) is 0.716. The largest absolute Gasteiger partial charge is 0.486 e. The van der Waals surface area contributed by atoms with Gasteiger partial charge in [-0.2, -0.15) is 0 Å². The molecule has 0 amide bonds. The Morgan fingerprint density at radius 3 is 2.62 bits per heavy atom. The number of quaternary nitrogens is 1.